The summed E-state index contributed by atoms with van der Waals surface area (Å²) in [6, 6.07) is -0.901. The molecule has 2 amide bonds. The van der Waals surface area contributed by atoms with Crippen LogP contribution in [-0.4, -0.2) is 81.3 Å². The number of aliphatic hydroxyl groups is 1. The van der Waals surface area contributed by atoms with E-state index in [4.69, 9.17) is 9.84 Å². The number of aliphatic carboxylic acids is 1. The van der Waals surface area contributed by atoms with E-state index in [0.29, 0.717) is 38.8 Å². The fourth-order valence-corrected chi connectivity index (χ4v) is 5.38. The van der Waals surface area contributed by atoms with Gasteiger partial charge in [0.2, 0.25) is 11.8 Å². The third-order valence-corrected chi connectivity index (χ3v) is 6.61. The molecule has 0 aliphatic carbocycles. The van der Waals surface area contributed by atoms with Gasteiger partial charge in [-0.05, 0) is 46.0 Å². The lowest BCUT2D eigenvalue weighted by molar-refractivity contribution is -0.151. The molecule has 0 radical (unpaired) electrons. The van der Waals surface area contributed by atoms with Gasteiger partial charge < -0.3 is 24.7 Å². The molecule has 3 aliphatic rings. The van der Waals surface area contributed by atoms with Crippen molar-refractivity contribution in [1.82, 2.24) is 9.80 Å². The lowest BCUT2D eigenvalue weighted by atomic mass is 9.70. The molecule has 162 valence electrons. The Morgan fingerprint density at radius 1 is 1.38 bits per heavy atom. The van der Waals surface area contributed by atoms with Crippen LogP contribution in [0, 0.1) is 11.8 Å². The number of hydrogen-bond donors (Lipinski definition) is 2. The first-order chi connectivity index (χ1) is 13.8. The molecule has 3 aliphatic heterocycles. The van der Waals surface area contributed by atoms with Crippen LogP contribution in [0.25, 0.3) is 0 Å². The van der Waals surface area contributed by atoms with Gasteiger partial charge in [0.1, 0.15) is 11.6 Å². The third-order valence-electron chi connectivity index (χ3n) is 6.61. The fraction of sp³-hybridized carbons (Fsp3) is 0.762. The number of ether oxygens (including phenoxy) is 1. The SMILES string of the molecule is C=CCN(C(=O)[C@H]1N(CCCCCO)C(=O)[C@@H]2[C@@H](C(=O)O)[C@H]3CC[C@]21O3)C(C)C. The number of nitrogens with zero attached hydrogens (tertiary/aromatic N) is 2. The number of amides is 2. The Balaban J connectivity index is 1.96. The van der Waals surface area contributed by atoms with Crippen molar-refractivity contribution in [2.24, 2.45) is 11.8 Å². The van der Waals surface area contributed by atoms with E-state index >= 15 is 0 Å². The second kappa shape index (κ2) is 8.44. The lowest BCUT2D eigenvalue weighted by Crippen LogP contribution is -2.57. The van der Waals surface area contributed by atoms with Crippen molar-refractivity contribution in [2.75, 3.05) is 19.7 Å². The topological polar surface area (TPSA) is 107 Å². The molecule has 0 saturated carbocycles. The highest BCUT2D eigenvalue weighted by Crippen LogP contribution is 2.58. The Hall–Kier alpha value is -1.93. The molecule has 3 rings (SSSR count). The monoisotopic (exact) mass is 408 g/mol. The van der Waals surface area contributed by atoms with E-state index in [1.165, 1.54) is 0 Å². The van der Waals surface area contributed by atoms with Crippen LogP contribution in [0.2, 0.25) is 0 Å². The van der Waals surface area contributed by atoms with Gasteiger partial charge in [-0.2, -0.15) is 0 Å². The zero-order valence-corrected chi connectivity index (χ0v) is 17.2. The number of unbranched alkanes of at least 4 members (excludes halogenated alkanes) is 2. The fourth-order valence-electron chi connectivity index (χ4n) is 5.38. The van der Waals surface area contributed by atoms with Crippen LogP contribution in [0.3, 0.4) is 0 Å². The van der Waals surface area contributed by atoms with Gasteiger partial charge in [-0.25, -0.2) is 0 Å². The number of carboxylic acid groups (broad SMARTS) is 1. The summed E-state index contributed by atoms with van der Waals surface area (Å²) >= 11 is 0. The lowest BCUT2D eigenvalue weighted by Gasteiger charge is -2.38. The zero-order valence-electron chi connectivity index (χ0n) is 17.2. The van der Waals surface area contributed by atoms with Crippen molar-refractivity contribution >= 4 is 17.8 Å². The van der Waals surface area contributed by atoms with Gasteiger partial charge in [-0.1, -0.05) is 6.08 Å². The molecule has 2 N–H and O–H groups in total. The van der Waals surface area contributed by atoms with Crippen molar-refractivity contribution < 1.29 is 29.3 Å². The minimum Gasteiger partial charge on any atom is -0.481 e. The van der Waals surface area contributed by atoms with Crippen LogP contribution in [0.5, 0.6) is 0 Å². The van der Waals surface area contributed by atoms with E-state index < -0.39 is 35.6 Å². The second-order valence-corrected chi connectivity index (χ2v) is 8.58. The van der Waals surface area contributed by atoms with Crippen molar-refractivity contribution in [3.63, 3.8) is 0 Å². The van der Waals surface area contributed by atoms with Gasteiger partial charge in [0, 0.05) is 25.7 Å². The molecule has 3 heterocycles. The Morgan fingerprint density at radius 2 is 2.10 bits per heavy atom. The second-order valence-electron chi connectivity index (χ2n) is 8.58. The van der Waals surface area contributed by atoms with Crippen LogP contribution in [0.15, 0.2) is 12.7 Å². The van der Waals surface area contributed by atoms with E-state index in [-0.39, 0.29) is 24.5 Å². The molecule has 3 saturated heterocycles. The molecular weight excluding hydrogens is 376 g/mol. The molecule has 0 aromatic rings. The van der Waals surface area contributed by atoms with Crippen LogP contribution in [0.4, 0.5) is 0 Å². The number of hydrogen-bond acceptors (Lipinski definition) is 5. The Kier molecular flexibility index (Phi) is 6.33. The molecule has 0 aromatic carbocycles. The van der Waals surface area contributed by atoms with Gasteiger partial charge in [0.05, 0.1) is 17.9 Å². The maximum absolute atomic E-state index is 13.6. The van der Waals surface area contributed by atoms with Gasteiger partial charge >= 0.3 is 5.97 Å². The number of carboxylic acids is 1. The molecule has 0 aromatic heterocycles. The standard InChI is InChI=1S/C21H32N2O6/c1-4-10-22(13(2)3)19(26)17-21-9-8-14(29-21)15(20(27)28)16(21)18(25)23(17)11-6-5-7-12-24/h4,13-17,24H,1,5-12H2,2-3H3,(H,27,28)/t14-,15+,16+,17-,21+/m1/s1. The average molecular weight is 408 g/mol. The van der Waals surface area contributed by atoms with Gasteiger partial charge in [0.15, 0.2) is 0 Å². The average Bonchev–Trinajstić information content (AvgIpc) is 3.30. The Morgan fingerprint density at radius 3 is 2.69 bits per heavy atom. The summed E-state index contributed by atoms with van der Waals surface area (Å²) in [5, 5.41) is 18.8. The molecule has 29 heavy (non-hydrogen) atoms. The number of carbonyl (C=O) groups is 3. The minimum absolute atomic E-state index is 0.0786. The first-order valence-corrected chi connectivity index (χ1v) is 10.5. The third kappa shape index (κ3) is 3.46. The summed E-state index contributed by atoms with van der Waals surface area (Å²) in [4.78, 5) is 42.1. The predicted octanol–water partition coefficient (Wildman–Crippen LogP) is 1.03. The molecule has 2 bridgehead atoms. The largest absolute Gasteiger partial charge is 0.481 e. The van der Waals surface area contributed by atoms with E-state index in [9.17, 15) is 19.5 Å². The molecular formula is C21H32N2O6. The number of fused-ring (bicyclic) bond motifs is 1. The summed E-state index contributed by atoms with van der Waals surface area (Å²) in [6.45, 7) is 8.34. The van der Waals surface area contributed by atoms with Crippen molar-refractivity contribution in [1.29, 1.82) is 0 Å². The van der Waals surface area contributed by atoms with Crippen LogP contribution in [0.1, 0.15) is 46.0 Å². The van der Waals surface area contributed by atoms with E-state index in [0.717, 1.165) is 6.42 Å². The molecule has 1 spiro atoms. The molecule has 3 fully saturated rings. The molecule has 5 atom stereocenters. The van der Waals surface area contributed by atoms with Crippen LogP contribution < -0.4 is 0 Å². The normalized spacial score (nSPS) is 32.7. The summed E-state index contributed by atoms with van der Waals surface area (Å²) in [5.74, 6) is -3.24. The maximum atomic E-state index is 13.6. The highest BCUT2D eigenvalue weighted by atomic mass is 16.5. The number of rotatable bonds is 10. The number of likely N-dealkylation sites (tertiary alicyclic amines) is 1. The Bertz CT molecular complexity index is 680. The summed E-state index contributed by atoms with van der Waals surface area (Å²) in [5.41, 5.74) is -1.06. The first kappa shape index (κ1) is 21.8. The summed E-state index contributed by atoms with van der Waals surface area (Å²) in [6.07, 6.45) is 4.20. The van der Waals surface area contributed by atoms with Crippen molar-refractivity contribution in [3.8, 4) is 0 Å². The molecule has 8 nitrogen and oxygen atoms in total. The predicted molar refractivity (Wildman–Crippen MR) is 105 cm³/mol. The van der Waals surface area contributed by atoms with Crippen molar-refractivity contribution in [2.45, 2.75) is 69.7 Å². The van der Waals surface area contributed by atoms with Crippen LogP contribution in [-0.2, 0) is 19.1 Å². The van der Waals surface area contributed by atoms with E-state index in [1.807, 2.05) is 13.8 Å². The molecule has 8 heteroatoms. The van der Waals surface area contributed by atoms with Gasteiger partial charge in [-0.3, -0.25) is 14.4 Å². The smallest absolute Gasteiger partial charge is 0.310 e. The highest BCUT2D eigenvalue weighted by molar-refractivity contribution is 5.98. The van der Waals surface area contributed by atoms with E-state index in [2.05, 4.69) is 6.58 Å². The van der Waals surface area contributed by atoms with Gasteiger partial charge in [0.25, 0.3) is 0 Å². The van der Waals surface area contributed by atoms with Crippen molar-refractivity contribution in [3.05, 3.63) is 12.7 Å². The maximum Gasteiger partial charge on any atom is 0.310 e. The minimum atomic E-state index is -1.06. The Labute approximate surface area is 171 Å². The van der Waals surface area contributed by atoms with E-state index in [1.54, 1.807) is 15.9 Å². The summed E-state index contributed by atoms with van der Waals surface area (Å²) in [7, 11) is 0. The highest BCUT2D eigenvalue weighted by Gasteiger charge is 2.74. The quantitative estimate of drug-likeness (QED) is 0.413. The van der Waals surface area contributed by atoms with Gasteiger partial charge in [-0.15, -0.1) is 6.58 Å². The summed E-state index contributed by atoms with van der Waals surface area (Å²) < 4.78 is 6.17. The van der Waals surface area contributed by atoms with Crippen LogP contribution >= 0.6 is 0 Å². The number of aliphatic hydroxyl groups excluding tert-OH is 1. The molecule has 0 unspecified atom stereocenters. The number of carbonyl (C=O) groups excluding carboxylic acids is 2. The zero-order chi connectivity index (χ0) is 21.3. The first-order valence-electron chi connectivity index (χ1n) is 10.5.